The largest absolute Gasteiger partial charge is 1.00 e. The maximum Gasteiger partial charge on any atom is 0.402 e. The number of halogens is 2. The number of H-pyrrole nitrogens is 1. The molecule has 1 N–H and O–H groups in total. The number of imidazole rings is 1. The Hall–Kier alpha value is -2.19. The Morgan fingerprint density at radius 1 is 1.08 bits per heavy atom. The lowest BCUT2D eigenvalue weighted by molar-refractivity contribution is -0.611. The summed E-state index contributed by atoms with van der Waals surface area (Å²) in [7, 11) is 5.09. The first-order valence-corrected chi connectivity index (χ1v) is 14.9. The van der Waals surface area contributed by atoms with Gasteiger partial charge in [-0.05, 0) is 76.9 Å². The molecule has 0 radical (unpaired) electrons. The molecule has 0 saturated carbocycles. The lowest BCUT2D eigenvalue weighted by atomic mass is 9.80. The lowest BCUT2D eigenvalue weighted by Crippen LogP contribution is -3.00. The number of fused-ring (bicyclic) bond motifs is 2. The molecular formula is C29H31Cl2N3O2S2. The molecule has 4 aromatic rings. The van der Waals surface area contributed by atoms with E-state index in [1.54, 1.807) is 28.7 Å². The van der Waals surface area contributed by atoms with E-state index in [4.69, 9.17) is 21.3 Å². The fourth-order valence-electron chi connectivity index (χ4n) is 5.50. The second-order valence-electron chi connectivity index (χ2n) is 10.6. The second kappa shape index (κ2) is 10.4. The van der Waals surface area contributed by atoms with Crippen LogP contribution in [0.4, 0.5) is 0 Å². The number of rotatable bonds is 6. The number of nitrogens with one attached hydrogen (secondary N) is 1. The van der Waals surface area contributed by atoms with Crippen LogP contribution in [0.1, 0.15) is 55.6 Å². The number of nitrogens with zero attached hydrogens (tertiary/aromatic N) is 2. The van der Waals surface area contributed by atoms with Crippen LogP contribution < -0.4 is 21.7 Å². The van der Waals surface area contributed by atoms with Gasteiger partial charge in [0.1, 0.15) is 17.0 Å². The summed E-state index contributed by atoms with van der Waals surface area (Å²) in [5.74, 6) is 2.59. The first kappa shape index (κ1) is 28.8. The zero-order valence-corrected chi connectivity index (χ0v) is 25.7. The van der Waals surface area contributed by atoms with Crippen molar-refractivity contribution in [1.29, 1.82) is 0 Å². The van der Waals surface area contributed by atoms with Gasteiger partial charge in [0.25, 0.3) is 0 Å². The highest BCUT2D eigenvalue weighted by Crippen LogP contribution is 2.47. The van der Waals surface area contributed by atoms with E-state index in [2.05, 4.69) is 34.8 Å². The summed E-state index contributed by atoms with van der Waals surface area (Å²) >= 11 is 6.37. The van der Waals surface area contributed by atoms with Crippen molar-refractivity contribution in [2.75, 3.05) is 7.11 Å². The summed E-state index contributed by atoms with van der Waals surface area (Å²) in [6.07, 6.45) is 2.07. The monoisotopic (exact) mass is 587 g/mol. The van der Waals surface area contributed by atoms with Crippen molar-refractivity contribution in [1.82, 2.24) is 9.97 Å². The Bertz CT molecular complexity index is 1510. The summed E-state index contributed by atoms with van der Waals surface area (Å²) < 4.78 is 7.87. The van der Waals surface area contributed by atoms with Gasteiger partial charge in [0.15, 0.2) is 11.3 Å². The third kappa shape index (κ3) is 4.61. The van der Waals surface area contributed by atoms with Crippen molar-refractivity contribution in [3.05, 3.63) is 75.6 Å². The molecule has 0 spiro atoms. The van der Waals surface area contributed by atoms with Crippen molar-refractivity contribution >= 4 is 50.0 Å². The number of aryl methyl sites for hydroxylation is 1. The molecule has 0 unspecified atom stereocenters. The van der Waals surface area contributed by atoms with Crippen LogP contribution in [0, 0.1) is 13.8 Å². The first-order chi connectivity index (χ1) is 17.5. The van der Waals surface area contributed by atoms with E-state index in [0.717, 1.165) is 66.3 Å². The molecular weight excluding hydrogens is 557 g/mol. The number of methoxy groups -OCH3 is 1. The van der Waals surface area contributed by atoms with Gasteiger partial charge < -0.3 is 17.1 Å². The van der Waals surface area contributed by atoms with E-state index >= 15 is 0 Å². The number of Topliss-reactive ketones (excluding diaryl/α,β-unsaturated/α-hetero) is 1. The van der Waals surface area contributed by atoms with Gasteiger partial charge in [0, 0.05) is 26.9 Å². The van der Waals surface area contributed by atoms with E-state index in [0.29, 0.717) is 0 Å². The molecule has 1 aliphatic carbocycles. The predicted octanol–water partition coefficient (Wildman–Crippen LogP) is 4.20. The minimum Gasteiger partial charge on any atom is -1.00 e. The Morgan fingerprint density at radius 3 is 2.39 bits per heavy atom. The second-order valence-corrected chi connectivity index (χ2v) is 13.4. The third-order valence-electron chi connectivity index (χ3n) is 7.45. The van der Waals surface area contributed by atoms with Crippen molar-refractivity contribution in [3.8, 4) is 11.7 Å². The summed E-state index contributed by atoms with van der Waals surface area (Å²) in [6.45, 7) is 12.2. The van der Waals surface area contributed by atoms with Crippen LogP contribution in [0.3, 0.4) is 0 Å². The topological polar surface area (TPSA) is 58.9 Å². The van der Waals surface area contributed by atoms with Crippen LogP contribution in [0.15, 0.2) is 47.5 Å². The van der Waals surface area contributed by atoms with Gasteiger partial charge in [-0.3, -0.25) is 4.79 Å². The Kier molecular flexibility index (Phi) is 7.90. The molecule has 2 aromatic heterocycles. The van der Waals surface area contributed by atoms with Crippen molar-refractivity contribution in [3.63, 3.8) is 0 Å². The van der Waals surface area contributed by atoms with Gasteiger partial charge in [-0.25, -0.2) is 9.55 Å². The van der Waals surface area contributed by atoms with E-state index < -0.39 is 10.8 Å². The number of hydrogen-bond acceptors (Lipinski definition) is 5. The number of carbonyl (C=O) groups is 1. The molecule has 200 valence electrons. The molecule has 9 heteroatoms. The highest BCUT2D eigenvalue weighted by atomic mass is 35.5. The van der Waals surface area contributed by atoms with E-state index in [1.165, 1.54) is 0 Å². The number of pyridine rings is 1. The van der Waals surface area contributed by atoms with Gasteiger partial charge in [-0.1, -0.05) is 50.3 Å². The first-order valence-electron chi connectivity index (χ1n) is 12.2. The smallest absolute Gasteiger partial charge is 0.402 e. The maximum absolute atomic E-state index is 13.1. The van der Waals surface area contributed by atoms with Gasteiger partial charge in [-0.2, -0.15) is 0 Å². The average Bonchev–Trinajstić information content (AvgIpc) is 3.32. The molecule has 0 atom stereocenters. The molecule has 0 amide bonds. The Balaban J connectivity index is 0.00000336. The lowest BCUT2D eigenvalue weighted by Gasteiger charge is -2.21. The molecule has 2 aromatic carbocycles. The summed E-state index contributed by atoms with van der Waals surface area (Å²) in [4.78, 5) is 22.7. The predicted molar refractivity (Wildman–Crippen MR) is 153 cm³/mol. The van der Waals surface area contributed by atoms with Crippen molar-refractivity contribution in [2.45, 2.75) is 63.0 Å². The van der Waals surface area contributed by atoms with E-state index in [-0.39, 0.29) is 18.2 Å². The molecule has 1 aliphatic rings. The van der Waals surface area contributed by atoms with Crippen LogP contribution >= 0.6 is 33.2 Å². The third-order valence-corrected chi connectivity index (χ3v) is 10.2. The fourth-order valence-corrected chi connectivity index (χ4v) is 8.15. The average molecular weight is 589 g/mol. The summed E-state index contributed by atoms with van der Waals surface area (Å²) in [5, 5.41) is 0.751. The summed E-state index contributed by atoms with van der Waals surface area (Å²) in [6, 6.07) is 12.1. The molecule has 38 heavy (non-hydrogen) atoms. The van der Waals surface area contributed by atoms with Gasteiger partial charge >= 0.3 is 5.95 Å². The Morgan fingerprint density at radius 2 is 1.74 bits per heavy atom. The normalized spacial score (nSPS) is 15.4. The highest BCUT2D eigenvalue weighted by molar-refractivity contribution is 8.76. The molecule has 0 fully saturated rings. The molecule has 0 bridgehead atoms. The molecule has 2 heterocycles. The van der Waals surface area contributed by atoms with Crippen LogP contribution in [-0.4, -0.2) is 22.9 Å². The molecule has 0 aliphatic heterocycles. The van der Waals surface area contributed by atoms with Crippen molar-refractivity contribution < 1.29 is 26.5 Å². The molecule has 5 nitrogen and oxygen atoms in total. The SMILES string of the molecule is COc1c(C)c[n+](-c2nc3cc4c(cc3[nH]2)C(C)(C)C(=O)C4(C)C)c(CSSc2ccccc2Cl)c1C.[Cl-]. The van der Waals surface area contributed by atoms with Gasteiger partial charge in [0.2, 0.25) is 0 Å². The summed E-state index contributed by atoms with van der Waals surface area (Å²) in [5.41, 5.74) is 6.05. The van der Waals surface area contributed by atoms with Crippen LogP contribution in [0.25, 0.3) is 17.0 Å². The minimum atomic E-state index is -0.537. The van der Waals surface area contributed by atoms with E-state index in [1.807, 2.05) is 58.9 Å². The number of ketones is 1. The number of aromatic amines is 1. The maximum atomic E-state index is 13.1. The highest BCUT2D eigenvalue weighted by Gasteiger charge is 2.50. The number of benzene rings is 2. The molecule has 0 saturated heterocycles. The number of ether oxygens (including phenoxy) is 1. The van der Waals surface area contributed by atoms with Crippen LogP contribution in [0.5, 0.6) is 5.75 Å². The number of hydrogen-bond donors (Lipinski definition) is 1. The van der Waals surface area contributed by atoms with Gasteiger partial charge in [-0.15, -0.1) is 0 Å². The number of carbonyl (C=O) groups excluding carboxylic acids is 1. The standard InChI is InChI=1S/C29H31ClN3O2S2.ClH/c1-16-14-33(23(17(2)25(16)35-7)15-36-37-24-11-9-8-10-20(24)30)27-31-21-12-18-19(13-22(21)32-27)29(5,6)26(34)28(18,3)4;/h8-14H,15H2,1-7H3,(H,31,32);1H/q+1;/p-1. The quantitative estimate of drug-likeness (QED) is 0.270. The fraction of sp³-hybridized carbons (Fsp3) is 0.345. The minimum absolute atomic E-state index is 0. The van der Waals surface area contributed by atoms with Crippen LogP contribution in [0.2, 0.25) is 5.02 Å². The number of aromatic nitrogens is 3. The van der Waals surface area contributed by atoms with Gasteiger partial charge in [0.05, 0.1) is 24.1 Å². The molecule has 5 rings (SSSR count). The zero-order valence-electron chi connectivity index (χ0n) is 22.5. The Labute approximate surface area is 242 Å². The zero-order chi connectivity index (χ0) is 26.7. The van der Waals surface area contributed by atoms with Crippen LogP contribution in [-0.2, 0) is 21.4 Å². The van der Waals surface area contributed by atoms with E-state index in [9.17, 15) is 4.79 Å². The van der Waals surface area contributed by atoms with Crippen molar-refractivity contribution in [2.24, 2.45) is 0 Å².